The molecule has 1 heterocycles. The van der Waals surface area contributed by atoms with Crippen molar-refractivity contribution in [1.82, 2.24) is 4.31 Å². The van der Waals surface area contributed by atoms with Crippen LogP contribution in [0.1, 0.15) is 15.9 Å². The molecule has 0 aliphatic carbocycles. The van der Waals surface area contributed by atoms with E-state index in [1.54, 1.807) is 6.07 Å². The second-order valence-corrected chi connectivity index (χ2v) is 7.80. The maximum atomic E-state index is 14.1. The number of sulfonamides is 1. The molecule has 0 bridgehead atoms. The van der Waals surface area contributed by atoms with Crippen LogP contribution in [0.2, 0.25) is 0 Å². The molecule has 0 amide bonds. The summed E-state index contributed by atoms with van der Waals surface area (Å²) < 4.78 is 63.8. The SMILES string of the molecule is O=C(OCc1cccc(F)c1)c1cc(S(=O)(=O)N2CCOCC2)ccc1F. The van der Waals surface area contributed by atoms with E-state index in [2.05, 4.69) is 0 Å². The summed E-state index contributed by atoms with van der Waals surface area (Å²) in [5, 5.41) is 0. The van der Waals surface area contributed by atoms with E-state index in [9.17, 15) is 22.0 Å². The largest absolute Gasteiger partial charge is 0.457 e. The fraction of sp³-hybridized carbons (Fsp3) is 0.278. The van der Waals surface area contributed by atoms with E-state index < -0.39 is 33.2 Å². The Hall–Kier alpha value is -2.36. The van der Waals surface area contributed by atoms with Crippen LogP contribution in [0, 0.1) is 11.6 Å². The van der Waals surface area contributed by atoms with Crippen LogP contribution in [-0.4, -0.2) is 45.0 Å². The van der Waals surface area contributed by atoms with Crippen LogP contribution in [0.25, 0.3) is 0 Å². The molecule has 2 aromatic carbocycles. The number of benzene rings is 2. The van der Waals surface area contributed by atoms with E-state index in [0.717, 1.165) is 18.2 Å². The van der Waals surface area contributed by atoms with Crippen LogP contribution < -0.4 is 0 Å². The van der Waals surface area contributed by atoms with Gasteiger partial charge in [0.05, 0.1) is 23.7 Å². The Labute approximate surface area is 155 Å². The number of hydrogen-bond donors (Lipinski definition) is 0. The van der Waals surface area contributed by atoms with Crippen molar-refractivity contribution in [2.24, 2.45) is 0 Å². The highest BCUT2D eigenvalue weighted by atomic mass is 32.2. The molecule has 0 atom stereocenters. The van der Waals surface area contributed by atoms with Gasteiger partial charge in [-0.2, -0.15) is 4.31 Å². The van der Waals surface area contributed by atoms with Gasteiger partial charge in [-0.05, 0) is 35.9 Å². The average molecular weight is 397 g/mol. The summed E-state index contributed by atoms with van der Waals surface area (Å²) in [4.78, 5) is 12.0. The molecule has 2 aromatic rings. The molecule has 144 valence electrons. The van der Waals surface area contributed by atoms with Gasteiger partial charge in [-0.15, -0.1) is 0 Å². The van der Waals surface area contributed by atoms with Gasteiger partial charge < -0.3 is 9.47 Å². The minimum absolute atomic E-state index is 0.180. The lowest BCUT2D eigenvalue weighted by Gasteiger charge is -2.26. The van der Waals surface area contributed by atoms with Crippen molar-refractivity contribution in [3.8, 4) is 0 Å². The number of carbonyl (C=O) groups is 1. The number of esters is 1. The van der Waals surface area contributed by atoms with Crippen LogP contribution in [0.15, 0.2) is 47.4 Å². The third-order valence-corrected chi connectivity index (χ3v) is 5.92. The first-order chi connectivity index (χ1) is 12.9. The van der Waals surface area contributed by atoms with Crippen molar-refractivity contribution < 1.29 is 31.5 Å². The highest BCUT2D eigenvalue weighted by molar-refractivity contribution is 7.89. The Kier molecular flexibility index (Phi) is 5.83. The van der Waals surface area contributed by atoms with Crippen LogP contribution in [0.3, 0.4) is 0 Å². The Bertz CT molecular complexity index is 943. The van der Waals surface area contributed by atoms with Crippen molar-refractivity contribution in [1.29, 1.82) is 0 Å². The van der Waals surface area contributed by atoms with Crippen LogP contribution in [-0.2, 0) is 26.1 Å². The van der Waals surface area contributed by atoms with E-state index in [0.29, 0.717) is 5.56 Å². The van der Waals surface area contributed by atoms with E-state index >= 15 is 0 Å². The summed E-state index contributed by atoms with van der Waals surface area (Å²) in [5.41, 5.74) is -0.110. The summed E-state index contributed by atoms with van der Waals surface area (Å²) in [5.74, 6) is -2.43. The molecule has 0 spiro atoms. The third-order valence-electron chi connectivity index (χ3n) is 4.02. The summed E-state index contributed by atoms with van der Waals surface area (Å²) >= 11 is 0. The molecule has 0 N–H and O–H groups in total. The topological polar surface area (TPSA) is 72.9 Å². The standard InChI is InChI=1S/C18H17F2NO5S/c19-14-3-1-2-13(10-14)12-26-18(22)16-11-15(4-5-17(16)20)27(23,24)21-6-8-25-9-7-21/h1-5,10-11H,6-9,12H2. The number of rotatable bonds is 5. The minimum atomic E-state index is -3.88. The van der Waals surface area contributed by atoms with Gasteiger partial charge in [-0.25, -0.2) is 22.0 Å². The normalized spacial score (nSPS) is 15.5. The van der Waals surface area contributed by atoms with Crippen molar-refractivity contribution in [2.45, 2.75) is 11.5 Å². The van der Waals surface area contributed by atoms with Gasteiger partial charge in [0.25, 0.3) is 0 Å². The number of morpholine rings is 1. The molecule has 0 unspecified atom stereocenters. The molecule has 27 heavy (non-hydrogen) atoms. The number of carbonyl (C=O) groups excluding carboxylic acids is 1. The predicted molar refractivity (Wildman–Crippen MR) is 91.5 cm³/mol. The van der Waals surface area contributed by atoms with Gasteiger partial charge in [0.15, 0.2) is 0 Å². The lowest BCUT2D eigenvalue weighted by molar-refractivity contribution is 0.0466. The molecule has 0 aromatic heterocycles. The van der Waals surface area contributed by atoms with Crippen LogP contribution >= 0.6 is 0 Å². The highest BCUT2D eigenvalue weighted by Crippen LogP contribution is 2.21. The molecule has 6 nitrogen and oxygen atoms in total. The molecule has 0 radical (unpaired) electrons. The maximum Gasteiger partial charge on any atom is 0.341 e. The number of hydrogen-bond acceptors (Lipinski definition) is 5. The zero-order chi connectivity index (χ0) is 19.4. The Morgan fingerprint density at radius 3 is 2.56 bits per heavy atom. The molecule has 1 aliphatic rings. The zero-order valence-electron chi connectivity index (χ0n) is 14.2. The molecular weight excluding hydrogens is 380 g/mol. The Morgan fingerprint density at radius 2 is 1.85 bits per heavy atom. The summed E-state index contributed by atoms with van der Waals surface area (Å²) in [6.07, 6.45) is 0. The molecule has 1 aliphatic heterocycles. The second-order valence-electron chi connectivity index (χ2n) is 5.86. The van der Waals surface area contributed by atoms with Gasteiger partial charge in [-0.3, -0.25) is 0 Å². The minimum Gasteiger partial charge on any atom is -0.457 e. The van der Waals surface area contributed by atoms with Gasteiger partial charge >= 0.3 is 5.97 Å². The fourth-order valence-electron chi connectivity index (χ4n) is 2.61. The smallest absolute Gasteiger partial charge is 0.341 e. The highest BCUT2D eigenvalue weighted by Gasteiger charge is 2.28. The quantitative estimate of drug-likeness (QED) is 0.725. The van der Waals surface area contributed by atoms with Crippen molar-refractivity contribution in [3.05, 3.63) is 65.2 Å². The van der Waals surface area contributed by atoms with Crippen molar-refractivity contribution in [2.75, 3.05) is 26.3 Å². The lowest BCUT2D eigenvalue weighted by atomic mass is 10.2. The maximum absolute atomic E-state index is 14.1. The average Bonchev–Trinajstić information content (AvgIpc) is 2.67. The molecule has 1 saturated heterocycles. The molecule has 0 saturated carbocycles. The van der Waals surface area contributed by atoms with Crippen LogP contribution in [0.5, 0.6) is 0 Å². The monoisotopic (exact) mass is 397 g/mol. The molecule has 9 heteroatoms. The first kappa shape index (κ1) is 19.4. The first-order valence-corrected chi connectivity index (χ1v) is 9.61. The number of halogens is 2. The van der Waals surface area contributed by atoms with E-state index in [4.69, 9.17) is 9.47 Å². The molecule has 3 rings (SSSR count). The predicted octanol–water partition coefficient (Wildman–Crippen LogP) is 2.34. The van der Waals surface area contributed by atoms with Gasteiger partial charge in [0.1, 0.15) is 18.2 Å². The molecular formula is C18H17F2NO5S. The summed E-state index contributed by atoms with van der Waals surface area (Å²) in [6, 6.07) is 8.39. The summed E-state index contributed by atoms with van der Waals surface area (Å²) in [6.45, 7) is 0.626. The van der Waals surface area contributed by atoms with E-state index in [-0.39, 0.29) is 37.8 Å². The fourth-order valence-corrected chi connectivity index (χ4v) is 4.05. The molecule has 1 fully saturated rings. The van der Waals surface area contributed by atoms with Crippen LogP contribution in [0.4, 0.5) is 8.78 Å². The number of ether oxygens (including phenoxy) is 2. The second kappa shape index (κ2) is 8.12. The van der Waals surface area contributed by atoms with E-state index in [1.807, 2.05) is 0 Å². The van der Waals surface area contributed by atoms with Gasteiger partial charge in [0, 0.05) is 13.1 Å². The van der Waals surface area contributed by atoms with Gasteiger partial charge in [-0.1, -0.05) is 12.1 Å². The van der Waals surface area contributed by atoms with E-state index in [1.165, 1.54) is 22.5 Å². The van der Waals surface area contributed by atoms with Crippen molar-refractivity contribution in [3.63, 3.8) is 0 Å². The number of nitrogens with zero attached hydrogens (tertiary/aromatic N) is 1. The van der Waals surface area contributed by atoms with Gasteiger partial charge in [0.2, 0.25) is 10.0 Å². The van der Waals surface area contributed by atoms with Crippen molar-refractivity contribution >= 4 is 16.0 Å². The lowest BCUT2D eigenvalue weighted by Crippen LogP contribution is -2.40. The first-order valence-electron chi connectivity index (χ1n) is 8.17. The zero-order valence-corrected chi connectivity index (χ0v) is 15.0. The third kappa shape index (κ3) is 4.49. The Morgan fingerprint density at radius 1 is 1.11 bits per heavy atom. The summed E-state index contributed by atoms with van der Waals surface area (Å²) in [7, 11) is -3.88. The Balaban J connectivity index is 1.79.